The zero-order valence-corrected chi connectivity index (χ0v) is 20.6. The van der Waals surface area contributed by atoms with Gasteiger partial charge < -0.3 is 5.32 Å². The number of anilines is 2. The lowest BCUT2D eigenvalue weighted by molar-refractivity contribution is -0.114. The number of carbonyl (C=O) groups is 1. The third-order valence-corrected chi connectivity index (χ3v) is 7.51. The van der Waals surface area contributed by atoms with Crippen LogP contribution in [0, 0.1) is 34.6 Å². The SMILES string of the molecule is Cc1cc(C)cc(N(CC(=O)Nc2cc(Cl)ccc2C)S(=O)(=O)c2c(C)nn(C)c2C)c1. The number of hydrogen-bond donors (Lipinski definition) is 1. The van der Waals surface area contributed by atoms with Gasteiger partial charge in [0.05, 0.1) is 17.1 Å². The van der Waals surface area contributed by atoms with Crippen LogP contribution in [0.1, 0.15) is 28.1 Å². The molecule has 3 rings (SSSR count). The van der Waals surface area contributed by atoms with Crippen LogP contribution in [0.25, 0.3) is 0 Å². The Morgan fingerprint density at radius 2 is 1.69 bits per heavy atom. The van der Waals surface area contributed by atoms with Crippen molar-refractivity contribution in [3.05, 3.63) is 69.5 Å². The maximum atomic E-state index is 13.8. The Balaban J connectivity index is 2.07. The fraction of sp³-hybridized carbons (Fsp3) is 0.304. The molecule has 32 heavy (non-hydrogen) atoms. The maximum absolute atomic E-state index is 13.8. The lowest BCUT2D eigenvalue weighted by Crippen LogP contribution is -2.38. The number of hydrogen-bond acceptors (Lipinski definition) is 4. The van der Waals surface area contributed by atoms with Gasteiger partial charge in [-0.2, -0.15) is 5.10 Å². The quantitative estimate of drug-likeness (QED) is 0.572. The van der Waals surface area contributed by atoms with Crippen LogP contribution in [0.5, 0.6) is 0 Å². The van der Waals surface area contributed by atoms with Crippen molar-refractivity contribution in [2.45, 2.75) is 39.5 Å². The van der Waals surface area contributed by atoms with Crippen molar-refractivity contribution in [3.8, 4) is 0 Å². The van der Waals surface area contributed by atoms with Gasteiger partial charge in [-0.05, 0) is 75.6 Å². The second-order valence-corrected chi connectivity index (χ2v) is 10.2. The Kier molecular flexibility index (Phi) is 6.67. The van der Waals surface area contributed by atoms with Crippen molar-refractivity contribution in [1.29, 1.82) is 0 Å². The first kappa shape index (κ1) is 23.8. The number of carbonyl (C=O) groups excluding carboxylic acids is 1. The van der Waals surface area contributed by atoms with Crippen molar-refractivity contribution in [2.24, 2.45) is 7.05 Å². The van der Waals surface area contributed by atoms with Crippen molar-refractivity contribution in [2.75, 3.05) is 16.2 Å². The molecule has 0 unspecified atom stereocenters. The molecule has 0 spiro atoms. The molecule has 0 radical (unpaired) electrons. The van der Waals surface area contributed by atoms with Crippen molar-refractivity contribution in [1.82, 2.24) is 9.78 Å². The average Bonchev–Trinajstić information content (AvgIpc) is 2.94. The Bertz CT molecular complexity index is 1280. The topological polar surface area (TPSA) is 84.3 Å². The van der Waals surface area contributed by atoms with Gasteiger partial charge in [-0.25, -0.2) is 8.42 Å². The van der Waals surface area contributed by atoms with E-state index in [9.17, 15) is 13.2 Å². The van der Waals surface area contributed by atoms with Crippen LogP contribution in [0.2, 0.25) is 5.02 Å². The summed E-state index contributed by atoms with van der Waals surface area (Å²) in [6, 6.07) is 10.6. The van der Waals surface area contributed by atoms with Crippen LogP contribution in [0.3, 0.4) is 0 Å². The van der Waals surface area contributed by atoms with E-state index in [4.69, 9.17) is 11.6 Å². The number of halogens is 1. The second kappa shape index (κ2) is 8.96. The highest BCUT2D eigenvalue weighted by Gasteiger charge is 2.32. The van der Waals surface area contributed by atoms with Crippen LogP contribution >= 0.6 is 11.6 Å². The number of rotatable bonds is 6. The zero-order valence-electron chi connectivity index (χ0n) is 19.0. The molecule has 0 saturated heterocycles. The first-order valence-corrected chi connectivity index (χ1v) is 11.9. The molecule has 1 aromatic heterocycles. The van der Waals surface area contributed by atoms with Crippen LogP contribution in [-0.2, 0) is 21.9 Å². The van der Waals surface area contributed by atoms with E-state index in [1.807, 2.05) is 26.8 Å². The number of aromatic nitrogens is 2. The first-order chi connectivity index (χ1) is 14.9. The molecule has 9 heteroatoms. The number of nitrogens with zero attached hydrogens (tertiary/aromatic N) is 3. The Hall–Kier alpha value is -2.84. The summed E-state index contributed by atoms with van der Waals surface area (Å²) in [7, 11) is -2.38. The normalized spacial score (nSPS) is 11.5. The highest BCUT2D eigenvalue weighted by Crippen LogP contribution is 2.29. The van der Waals surface area contributed by atoms with E-state index in [1.165, 1.54) is 4.68 Å². The Morgan fingerprint density at radius 3 is 2.25 bits per heavy atom. The third kappa shape index (κ3) is 4.81. The van der Waals surface area contributed by atoms with E-state index in [2.05, 4.69) is 10.4 Å². The van der Waals surface area contributed by atoms with Gasteiger partial charge >= 0.3 is 0 Å². The fourth-order valence-corrected chi connectivity index (χ4v) is 5.68. The molecule has 0 atom stereocenters. The minimum Gasteiger partial charge on any atom is -0.324 e. The van der Waals surface area contributed by atoms with Gasteiger partial charge in [0.15, 0.2) is 0 Å². The van der Waals surface area contributed by atoms with E-state index >= 15 is 0 Å². The minimum atomic E-state index is -4.07. The largest absolute Gasteiger partial charge is 0.324 e. The molecule has 1 N–H and O–H groups in total. The van der Waals surface area contributed by atoms with Gasteiger partial charge in [-0.3, -0.25) is 13.8 Å². The summed E-state index contributed by atoms with van der Waals surface area (Å²) in [4.78, 5) is 13.1. The minimum absolute atomic E-state index is 0.103. The van der Waals surface area contributed by atoms with E-state index in [1.54, 1.807) is 51.2 Å². The van der Waals surface area contributed by atoms with Gasteiger partial charge in [0.25, 0.3) is 10.0 Å². The van der Waals surface area contributed by atoms with Gasteiger partial charge in [-0.15, -0.1) is 0 Å². The predicted octanol–water partition coefficient (Wildman–Crippen LogP) is 4.45. The molecule has 0 aliphatic carbocycles. The van der Waals surface area contributed by atoms with Gasteiger partial charge in [0.2, 0.25) is 5.91 Å². The summed E-state index contributed by atoms with van der Waals surface area (Å²) in [5.41, 5.74) is 4.45. The van der Waals surface area contributed by atoms with Crippen molar-refractivity contribution >= 4 is 38.9 Å². The molecular formula is C23H27ClN4O3S. The lowest BCUT2D eigenvalue weighted by Gasteiger charge is -2.25. The molecule has 0 bridgehead atoms. The predicted molar refractivity (Wildman–Crippen MR) is 128 cm³/mol. The van der Waals surface area contributed by atoms with Gasteiger partial charge in [0.1, 0.15) is 11.4 Å². The highest BCUT2D eigenvalue weighted by atomic mass is 35.5. The molecule has 3 aromatic rings. The van der Waals surface area contributed by atoms with Crippen molar-refractivity contribution < 1.29 is 13.2 Å². The van der Waals surface area contributed by atoms with Gasteiger partial charge in [0, 0.05) is 17.8 Å². The standard InChI is InChI=1S/C23H27ClN4O3S/c1-14-9-15(2)11-20(10-14)28(32(30,31)23-17(4)26-27(6)18(23)5)13-22(29)25-21-12-19(24)8-7-16(21)3/h7-12H,13H2,1-6H3,(H,25,29). The van der Waals surface area contributed by atoms with E-state index in [0.29, 0.717) is 27.8 Å². The second-order valence-electron chi connectivity index (χ2n) is 7.99. The molecule has 1 amide bonds. The van der Waals surface area contributed by atoms with Crippen molar-refractivity contribution in [3.63, 3.8) is 0 Å². The molecule has 7 nitrogen and oxygen atoms in total. The smallest absolute Gasteiger partial charge is 0.268 e. The van der Waals surface area contributed by atoms with E-state index in [0.717, 1.165) is 21.0 Å². The Labute approximate surface area is 194 Å². The van der Waals surface area contributed by atoms with E-state index < -0.39 is 22.5 Å². The van der Waals surface area contributed by atoms with Crippen LogP contribution < -0.4 is 9.62 Å². The summed E-state index contributed by atoms with van der Waals surface area (Å²) in [5.74, 6) is -0.475. The highest BCUT2D eigenvalue weighted by molar-refractivity contribution is 7.93. The number of benzene rings is 2. The van der Waals surface area contributed by atoms with Gasteiger partial charge in [-0.1, -0.05) is 23.7 Å². The van der Waals surface area contributed by atoms with Crippen LogP contribution in [-0.4, -0.2) is 30.7 Å². The molecule has 0 saturated carbocycles. The summed E-state index contributed by atoms with van der Waals surface area (Å²) in [6.07, 6.45) is 0. The molecule has 1 heterocycles. The molecule has 0 fully saturated rings. The number of nitrogens with one attached hydrogen (secondary N) is 1. The monoisotopic (exact) mass is 474 g/mol. The van der Waals surface area contributed by atoms with Crippen LogP contribution in [0.4, 0.5) is 11.4 Å². The number of sulfonamides is 1. The average molecular weight is 475 g/mol. The zero-order chi connectivity index (χ0) is 23.8. The molecule has 0 aliphatic rings. The summed E-state index contributed by atoms with van der Waals surface area (Å²) in [5, 5.41) is 7.52. The molecule has 2 aromatic carbocycles. The Morgan fingerprint density at radius 1 is 1.06 bits per heavy atom. The third-order valence-electron chi connectivity index (χ3n) is 5.25. The summed E-state index contributed by atoms with van der Waals surface area (Å²) < 4.78 is 30.2. The summed E-state index contributed by atoms with van der Waals surface area (Å²) >= 11 is 6.06. The van der Waals surface area contributed by atoms with E-state index in [-0.39, 0.29) is 4.90 Å². The first-order valence-electron chi connectivity index (χ1n) is 10.1. The molecule has 170 valence electrons. The molecule has 0 aliphatic heterocycles. The number of amides is 1. The van der Waals surface area contributed by atoms with Crippen LogP contribution in [0.15, 0.2) is 41.3 Å². The maximum Gasteiger partial charge on any atom is 0.268 e. The fourth-order valence-electron chi connectivity index (χ4n) is 3.70. The lowest BCUT2D eigenvalue weighted by atomic mass is 10.1. The summed E-state index contributed by atoms with van der Waals surface area (Å²) in [6.45, 7) is 8.56. The molecular weight excluding hydrogens is 448 g/mol. The number of aryl methyl sites for hydroxylation is 5.